The van der Waals surface area contributed by atoms with Crippen molar-refractivity contribution in [1.29, 1.82) is 0 Å². The normalized spacial score (nSPS) is 15.1. The van der Waals surface area contributed by atoms with Gasteiger partial charge in [0, 0.05) is 42.5 Å². The predicted octanol–water partition coefficient (Wildman–Crippen LogP) is 3.61. The first-order valence-corrected chi connectivity index (χ1v) is 7.63. The summed E-state index contributed by atoms with van der Waals surface area (Å²) in [6.07, 6.45) is 10.9. The zero-order chi connectivity index (χ0) is 13.7. The first-order chi connectivity index (χ1) is 9.70. The lowest BCUT2D eigenvalue weighted by molar-refractivity contribution is 0.647. The maximum atomic E-state index is 4.38. The van der Waals surface area contributed by atoms with Gasteiger partial charge in [-0.05, 0) is 40.8 Å². The van der Waals surface area contributed by atoms with Crippen molar-refractivity contribution in [1.82, 2.24) is 19.3 Å². The van der Waals surface area contributed by atoms with Gasteiger partial charge in [0.15, 0.2) is 0 Å². The summed E-state index contributed by atoms with van der Waals surface area (Å²) in [5, 5.41) is 5.52. The van der Waals surface area contributed by atoms with Crippen molar-refractivity contribution in [3.05, 3.63) is 35.5 Å². The Morgan fingerprint density at radius 1 is 1.30 bits per heavy atom. The standard InChI is InChI=1S/C15H15BrN4/c1-19-8-11(5-18-19)13-9-20(7-10-2-3-10)14-6-17-15(16)4-12(13)14/h4-6,8-10H,2-3,7H2,1H3. The van der Waals surface area contributed by atoms with Crippen molar-refractivity contribution in [3.8, 4) is 11.1 Å². The molecule has 5 heteroatoms. The van der Waals surface area contributed by atoms with Crippen molar-refractivity contribution in [2.75, 3.05) is 0 Å². The molecule has 3 aromatic rings. The summed E-state index contributed by atoms with van der Waals surface area (Å²) in [6, 6.07) is 2.10. The van der Waals surface area contributed by atoms with Crippen molar-refractivity contribution in [3.63, 3.8) is 0 Å². The molecule has 0 aromatic carbocycles. The molecule has 3 aromatic heterocycles. The van der Waals surface area contributed by atoms with E-state index in [2.05, 4.69) is 49.0 Å². The second kappa shape index (κ2) is 4.45. The van der Waals surface area contributed by atoms with Crippen molar-refractivity contribution < 1.29 is 0 Å². The van der Waals surface area contributed by atoms with Crippen molar-refractivity contribution >= 4 is 26.8 Å². The van der Waals surface area contributed by atoms with Crippen LogP contribution in [0.5, 0.6) is 0 Å². The number of aryl methyl sites for hydroxylation is 1. The molecule has 0 radical (unpaired) electrons. The molecule has 1 fully saturated rings. The summed E-state index contributed by atoms with van der Waals surface area (Å²) < 4.78 is 5.06. The van der Waals surface area contributed by atoms with Gasteiger partial charge in [0.1, 0.15) is 4.60 Å². The van der Waals surface area contributed by atoms with E-state index in [9.17, 15) is 0 Å². The summed E-state index contributed by atoms with van der Waals surface area (Å²) in [5.41, 5.74) is 3.60. The fourth-order valence-electron chi connectivity index (χ4n) is 2.68. The number of halogens is 1. The van der Waals surface area contributed by atoms with Crippen LogP contribution in [0.15, 0.2) is 35.5 Å². The minimum Gasteiger partial charge on any atom is -0.345 e. The molecule has 1 saturated carbocycles. The van der Waals surface area contributed by atoms with E-state index >= 15 is 0 Å². The van der Waals surface area contributed by atoms with Crippen LogP contribution < -0.4 is 0 Å². The van der Waals surface area contributed by atoms with Crippen LogP contribution in [-0.2, 0) is 13.6 Å². The minimum absolute atomic E-state index is 0.844. The number of nitrogens with zero attached hydrogens (tertiary/aromatic N) is 4. The van der Waals surface area contributed by atoms with Gasteiger partial charge in [0.2, 0.25) is 0 Å². The molecule has 0 aliphatic heterocycles. The summed E-state index contributed by atoms with van der Waals surface area (Å²) in [4.78, 5) is 4.38. The van der Waals surface area contributed by atoms with Gasteiger partial charge in [-0.3, -0.25) is 4.68 Å². The van der Waals surface area contributed by atoms with Crippen LogP contribution in [0, 0.1) is 5.92 Å². The molecular formula is C15H15BrN4. The first-order valence-electron chi connectivity index (χ1n) is 6.84. The largest absolute Gasteiger partial charge is 0.345 e. The molecule has 1 aliphatic rings. The third-order valence-electron chi connectivity index (χ3n) is 3.90. The third kappa shape index (κ3) is 2.06. The highest BCUT2D eigenvalue weighted by Crippen LogP contribution is 2.36. The minimum atomic E-state index is 0.844. The topological polar surface area (TPSA) is 35.6 Å². The summed E-state index contributed by atoms with van der Waals surface area (Å²) in [5.74, 6) is 0.844. The molecular weight excluding hydrogens is 316 g/mol. The van der Waals surface area contributed by atoms with E-state index in [0.29, 0.717) is 0 Å². The van der Waals surface area contributed by atoms with Crippen LogP contribution >= 0.6 is 15.9 Å². The van der Waals surface area contributed by atoms with Gasteiger partial charge >= 0.3 is 0 Å². The van der Waals surface area contributed by atoms with E-state index in [-0.39, 0.29) is 0 Å². The Balaban J connectivity index is 1.91. The average Bonchev–Trinajstić information content (AvgIpc) is 3.03. The van der Waals surface area contributed by atoms with E-state index in [1.54, 1.807) is 0 Å². The van der Waals surface area contributed by atoms with Gasteiger partial charge in [-0.2, -0.15) is 5.10 Å². The molecule has 102 valence electrons. The van der Waals surface area contributed by atoms with Crippen LogP contribution in [-0.4, -0.2) is 19.3 Å². The molecule has 0 bridgehead atoms. The lowest BCUT2D eigenvalue weighted by atomic mass is 10.1. The van der Waals surface area contributed by atoms with Gasteiger partial charge in [-0.25, -0.2) is 4.98 Å². The lowest BCUT2D eigenvalue weighted by Crippen LogP contribution is -1.97. The maximum Gasteiger partial charge on any atom is 0.106 e. The Labute approximate surface area is 125 Å². The number of hydrogen-bond donors (Lipinski definition) is 0. The fraction of sp³-hybridized carbons (Fsp3) is 0.333. The van der Waals surface area contributed by atoms with E-state index in [0.717, 1.165) is 22.6 Å². The zero-order valence-electron chi connectivity index (χ0n) is 11.3. The SMILES string of the molecule is Cn1cc(-c2cn(CC3CC3)c3cnc(Br)cc23)cn1. The van der Waals surface area contributed by atoms with Gasteiger partial charge in [-0.15, -0.1) is 0 Å². The van der Waals surface area contributed by atoms with Gasteiger partial charge in [0.25, 0.3) is 0 Å². The number of aromatic nitrogens is 4. The van der Waals surface area contributed by atoms with Crippen LogP contribution in [0.25, 0.3) is 22.0 Å². The highest BCUT2D eigenvalue weighted by Gasteiger charge is 2.23. The van der Waals surface area contributed by atoms with E-state index in [1.807, 2.05) is 24.1 Å². The first kappa shape index (κ1) is 12.1. The van der Waals surface area contributed by atoms with Crippen LogP contribution in [0.2, 0.25) is 0 Å². The number of rotatable bonds is 3. The Bertz CT molecular complexity index is 782. The zero-order valence-corrected chi connectivity index (χ0v) is 12.8. The fourth-order valence-corrected chi connectivity index (χ4v) is 3.01. The lowest BCUT2D eigenvalue weighted by Gasteiger charge is -2.02. The van der Waals surface area contributed by atoms with Crippen LogP contribution in [0.3, 0.4) is 0 Å². The van der Waals surface area contributed by atoms with Gasteiger partial charge in [-0.1, -0.05) is 0 Å². The molecule has 4 nitrogen and oxygen atoms in total. The van der Waals surface area contributed by atoms with Crippen molar-refractivity contribution in [2.24, 2.45) is 13.0 Å². The van der Waals surface area contributed by atoms with Crippen LogP contribution in [0.4, 0.5) is 0 Å². The smallest absolute Gasteiger partial charge is 0.106 e. The molecule has 0 amide bonds. The van der Waals surface area contributed by atoms with Gasteiger partial charge < -0.3 is 4.57 Å². The highest BCUT2D eigenvalue weighted by molar-refractivity contribution is 9.10. The Kier molecular flexibility index (Phi) is 2.70. The third-order valence-corrected chi connectivity index (χ3v) is 4.34. The molecule has 0 saturated heterocycles. The molecule has 4 rings (SSSR count). The Morgan fingerprint density at radius 3 is 2.85 bits per heavy atom. The summed E-state index contributed by atoms with van der Waals surface area (Å²) >= 11 is 3.48. The molecule has 3 heterocycles. The summed E-state index contributed by atoms with van der Waals surface area (Å²) in [7, 11) is 1.95. The molecule has 1 aliphatic carbocycles. The number of hydrogen-bond acceptors (Lipinski definition) is 2. The second-order valence-electron chi connectivity index (χ2n) is 5.57. The highest BCUT2D eigenvalue weighted by atomic mass is 79.9. The molecule has 0 spiro atoms. The molecule has 0 unspecified atom stereocenters. The Morgan fingerprint density at radius 2 is 2.15 bits per heavy atom. The number of pyridine rings is 1. The number of fused-ring (bicyclic) bond motifs is 1. The summed E-state index contributed by atoms with van der Waals surface area (Å²) in [6.45, 7) is 1.10. The second-order valence-corrected chi connectivity index (χ2v) is 6.38. The molecule has 0 N–H and O–H groups in total. The van der Waals surface area contributed by atoms with E-state index in [4.69, 9.17) is 0 Å². The van der Waals surface area contributed by atoms with E-state index in [1.165, 1.54) is 29.3 Å². The van der Waals surface area contributed by atoms with E-state index < -0.39 is 0 Å². The average molecular weight is 331 g/mol. The van der Waals surface area contributed by atoms with Gasteiger partial charge in [0.05, 0.1) is 17.9 Å². The quantitative estimate of drug-likeness (QED) is 0.688. The predicted molar refractivity (Wildman–Crippen MR) is 82.4 cm³/mol. The van der Waals surface area contributed by atoms with Crippen LogP contribution in [0.1, 0.15) is 12.8 Å². The monoisotopic (exact) mass is 330 g/mol. The van der Waals surface area contributed by atoms with Crippen molar-refractivity contribution in [2.45, 2.75) is 19.4 Å². The molecule has 20 heavy (non-hydrogen) atoms. The molecule has 0 atom stereocenters. The Hall–Kier alpha value is -1.62. The maximum absolute atomic E-state index is 4.38.